The van der Waals surface area contributed by atoms with Crippen molar-refractivity contribution in [3.63, 3.8) is 0 Å². The zero-order valence-corrected chi connectivity index (χ0v) is 18.8. The molecular weight excluding hydrogens is 447 g/mol. The second kappa shape index (κ2) is 9.28. The Morgan fingerprint density at radius 3 is 2.29 bits per heavy atom. The van der Waals surface area contributed by atoms with E-state index in [1.165, 1.54) is 6.07 Å². The van der Waals surface area contributed by atoms with Crippen molar-refractivity contribution < 1.29 is 22.8 Å². The number of rotatable bonds is 5. The lowest BCUT2D eigenvalue weighted by atomic mass is 10.0. The summed E-state index contributed by atoms with van der Waals surface area (Å²) >= 11 is 0. The third kappa shape index (κ3) is 4.80. The molecule has 1 N–H and O–H groups in total. The molecule has 0 saturated carbocycles. The maximum atomic E-state index is 12.9. The van der Waals surface area contributed by atoms with E-state index in [0.717, 1.165) is 18.0 Å². The highest BCUT2D eigenvalue weighted by Crippen LogP contribution is 2.30. The number of piperidine rings is 1. The van der Waals surface area contributed by atoms with Crippen LogP contribution in [0.2, 0.25) is 0 Å². The van der Waals surface area contributed by atoms with Crippen LogP contribution >= 0.6 is 0 Å². The fraction of sp³-hybridized carbons (Fsp3) is 0.333. The van der Waals surface area contributed by atoms with E-state index in [1.807, 2.05) is 35.2 Å². The Morgan fingerprint density at radius 2 is 1.71 bits per heavy atom. The van der Waals surface area contributed by atoms with Crippen LogP contribution in [0.3, 0.4) is 0 Å². The summed E-state index contributed by atoms with van der Waals surface area (Å²) in [6.07, 6.45) is -2.52. The van der Waals surface area contributed by atoms with Crippen molar-refractivity contribution in [2.24, 2.45) is 0 Å². The normalized spacial score (nSPS) is 14.8. The van der Waals surface area contributed by atoms with Crippen molar-refractivity contribution in [3.8, 4) is 5.69 Å². The number of ketones is 1. The molecule has 10 heteroatoms. The number of aromatic nitrogens is 3. The number of benzene rings is 1. The van der Waals surface area contributed by atoms with Gasteiger partial charge in [-0.05, 0) is 51.0 Å². The number of anilines is 1. The fourth-order valence-electron chi connectivity index (χ4n) is 4.15. The van der Waals surface area contributed by atoms with Crippen LogP contribution in [0.4, 0.5) is 19.0 Å². The van der Waals surface area contributed by atoms with Crippen molar-refractivity contribution in [1.29, 1.82) is 0 Å². The molecule has 0 bridgehead atoms. The SMILES string of the molecule is Cc1nn(-c2ccccc2)c(C)c1C(=O)C(=O)NC1CCN(c2ccc(C(F)(F)F)cn2)CC1. The van der Waals surface area contributed by atoms with Gasteiger partial charge in [0.2, 0.25) is 0 Å². The van der Waals surface area contributed by atoms with Gasteiger partial charge in [-0.2, -0.15) is 18.3 Å². The zero-order valence-electron chi connectivity index (χ0n) is 18.8. The van der Waals surface area contributed by atoms with Gasteiger partial charge in [0.1, 0.15) is 5.82 Å². The lowest BCUT2D eigenvalue weighted by Gasteiger charge is -2.33. The van der Waals surface area contributed by atoms with Crippen molar-refractivity contribution in [2.45, 2.75) is 38.9 Å². The monoisotopic (exact) mass is 471 g/mol. The minimum absolute atomic E-state index is 0.216. The summed E-state index contributed by atoms with van der Waals surface area (Å²) in [5.74, 6) is -0.873. The summed E-state index contributed by atoms with van der Waals surface area (Å²) in [6, 6.07) is 11.5. The molecule has 0 unspecified atom stereocenters. The smallest absolute Gasteiger partial charge is 0.356 e. The van der Waals surface area contributed by atoms with Crippen LogP contribution in [-0.2, 0) is 11.0 Å². The van der Waals surface area contributed by atoms with Gasteiger partial charge in [-0.3, -0.25) is 9.59 Å². The van der Waals surface area contributed by atoms with E-state index in [1.54, 1.807) is 18.5 Å². The Morgan fingerprint density at radius 1 is 1.03 bits per heavy atom. The number of para-hydroxylation sites is 1. The maximum absolute atomic E-state index is 12.9. The van der Waals surface area contributed by atoms with Crippen molar-refractivity contribution in [1.82, 2.24) is 20.1 Å². The number of pyridine rings is 1. The first-order valence-electron chi connectivity index (χ1n) is 10.9. The molecule has 3 aromatic rings. The van der Waals surface area contributed by atoms with E-state index in [4.69, 9.17) is 0 Å². The number of nitrogens with one attached hydrogen (secondary N) is 1. The first-order valence-corrected chi connectivity index (χ1v) is 10.9. The molecule has 4 rings (SSSR count). The quantitative estimate of drug-likeness (QED) is 0.452. The van der Waals surface area contributed by atoms with Gasteiger partial charge in [0.25, 0.3) is 11.7 Å². The number of amides is 1. The summed E-state index contributed by atoms with van der Waals surface area (Å²) in [4.78, 5) is 31.4. The van der Waals surface area contributed by atoms with E-state index in [-0.39, 0.29) is 11.6 Å². The average Bonchev–Trinajstić information content (AvgIpc) is 3.13. The van der Waals surface area contributed by atoms with Gasteiger partial charge in [0.15, 0.2) is 0 Å². The van der Waals surface area contributed by atoms with Gasteiger partial charge in [0.05, 0.1) is 28.2 Å². The number of hydrogen-bond donors (Lipinski definition) is 1. The third-order valence-corrected chi connectivity index (χ3v) is 5.95. The first kappa shape index (κ1) is 23.5. The molecule has 0 radical (unpaired) electrons. The molecule has 0 atom stereocenters. The second-order valence-corrected chi connectivity index (χ2v) is 8.26. The van der Waals surface area contributed by atoms with Crippen LogP contribution in [0.25, 0.3) is 5.69 Å². The Balaban J connectivity index is 1.37. The molecule has 7 nitrogen and oxygen atoms in total. The molecule has 178 valence electrons. The lowest BCUT2D eigenvalue weighted by Crippen LogP contribution is -2.47. The number of Topliss-reactive ketones (excluding diaryl/α,β-unsaturated/α-hetero) is 1. The molecule has 34 heavy (non-hydrogen) atoms. The summed E-state index contributed by atoms with van der Waals surface area (Å²) in [5, 5.41) is 7.23. The molecule has 2 aromatic heterocycles. The van der Waals surface area contributed by atoms with Crippen LogP contribution in [0, 0.1) is 13.8 Å². The van der Waals surface area contributed by atoms with Gasteiger partial charge < -0.3 is 10.2 Å². The highest BCUT2D eigenvalue weighted by molar-refractivity contribution is 6.43. The van der Waals surface area contributed by atoms with Gasteiger partial charge in [0, 0.05) is 25.3 Å². The standard InChI is InChI=1S/C24H24F3N5O2/c1-15-21(16(2)32(30-15)19-6-4-3-5-7-19)22(33)23(34)29-18-10-12-31(13-11-18)20-9-8-17(14-28-20)24(25,26)27/h3-9,14,18H,10-13H2,1-2H3,(H,29,34). The molecule has 3 heterocycles. The summed E-state index contributed by atoms with van der Waals surface area (Å²) < 4.78 is 39.8. The Bertz CT molecular complexity index is 1180. The number of alkyl halides is 3. The van der Waals surface area contributed by atoms with Crippen LogP contribution < -0.4 is 10.2 Å². The molecule has 1 amide bonds. The molecular formula is C24H24F3N5O2. The predicted molar refractivity (Wildman–Crippen MR) is 120 cm³/mol. The highest BCUT2D eigenvalue weighted by atomic mass is 19.4. The summed E-state index contributed by atoms with van der Waals surface area (Å²) in [5.41, 5.74) is 1.36. The van der Waals surface area contributed by atoms with Gasteiger partial charge >= 0.3 is 6.18 Å². The number of halogens is 3. The largest absolute Gasteiger partial charge is 0.417 e. The average molecular weight is 471 g/mol. The second-order valence-electron chi connectivity index (χ2n) is 8.26. The molecule has 1 aliphatic heterocycles. The van der Waals surface area contributed by atoms with Gasteiger partial charge in [-0.1, -0.05) is 18.2 Å². The fourth-order valence-corrected chi connectivity index (χ4v) is 4.15. The molecule has 0 aliphatic carbocycles. The van der Waals surface area contributed by atoms with E-state index in [0.29, 0.717) is 43.1 Å². The van der Waals surface area contributed by atoms with Crippen LogP contribution in [0.5, 0.6) is 0 Å². The van der Waals surface area contributed by atoms with Crippen molar-refractivity contribution in [3.05, 3.63) is 71.2 Å². The molecule has 1 aliphatic rings. The van der Waals surface area contributed by atoms with Gasteiger partial charge in [-0.25, -0.2) is 9.67 Å². The number of aryl methyl sites for hydroxylation is 1. The Hall–Kier alpha value is -3.69. The van der Waals surface area contributed by atoms with Crippen LogP contribution in [0.15, 0.2) is 48.7 Å². The number of carbonyl (C=O) groups excluding carboxylic acids is 2. The van der Waals surface area contributed by atoms with Crippen LogP contribution in [-0.4, -0.2) is 45.6 Å². The predicted octanol–water partition coefficient (Wildman–Crippen LogP) is 3.87. The molecule has 1 fully saturated rings. The number of hydrogen-bond acceptors (Lipinski definition) is 5. The number of nitrogens with zero attached hydrogens (tertiary/aromatic N) is 4. The molecule has 1 saturated heterocycles. The van der Waals surface area contributed by atoms with Gasteiger partial charge in [-0.15, -0.1) is 0 Å². The van der Waals surface area contributed by atoms with E-state index in [2.05, 4.69) is 15.4 Å². The first-order chi connectivity index (χ1) is 16.1. The summed E-state index contributed by atoms with van der Waals surface area (Å²) in [7, 11) is 0. The molecule has 1 aromatic carbocycles. The molecule has 0 spiro atoms. The Labute approximate surface area is 194 Å². The minimum atomic E-state index is -4.43. The maximum Gasteiger partial charge on any atom is 0.417 e. The van der Waals surface area contributed by atoms with E-state index >= 15 is 0 Å². The number of carbonyl (C=O) groups is 2. The third-order valence-electron chi connectivity index (χ3n) is 5.95. The van der Waals surface area contributed by atoms with Crippen molar-refractivity contribution >= 4 is 17.5 Å². The summed E-state index contributed by atoms with van der Waals surface area (Å²) in [6.45, 7) is 4.45. The van der Waals surface area contributed by atoms with Crippen molar-refractivity contribution in [2.75, 3.05) is 18.0 Å². The Kier molecular flexibility index (Phi) is 6.41. The lowest BCUT2D eigenvalue weighted by molar-refractivity contribution is -0.137. The topological polar surface area (TPSA) is 80.1 Å². The highest BCUT2D eigenvalue weighted by Gasteiger charge is 2.32. The van der Waals surface area contributed by atoms with E-state index < -0.39 is 23.4 Å². The minimum Gasteiger partial charge on any atom is -0.356 e. The van der Waals surface area contributed by atoms with E-state index in [9.17, 15) is 22.8 Å². The zero-order chi connectivity index (χ0) is 24.5. The van der Waals surface area contributed by atoms with Crippen LogP contribution in [0.1, 0.15) is 40.2 Å².